The van der Waals surface area contributed by atoms with Gasteiger partial charge in [0.05, 0.1) is 11.4 Å². The van der Waals surface area contributed by atoms with E-state index >= 15 is 0 Å². The highest BCUT2D eigenvalue weighted by Gasteiger charge is 2.16. The molecule has 1 N–H and O–H groups in total. The van der Waals surface area contributed by atoms with Crippen LogP contribution in [0.3, 0.4) is 0 Å². The van der Waals surface area contributed by atoms with Crippen molar-refractivity contribution in [1.29, 1.82) is 0 Å². The van der Waals surface area contributed by atoms with Gasteiger partial charge in [-0.05, 0) is 45.0 Å². The second kappa shape index (κ2) is 7.81. The fourth-order valence-electron chi connectivity index (χ4n) is 3.14. The van der Waals surface area contributed by atoms with Crippen LogP contribution in [0.1, 0.15) is 27.2 Å². The molecule has 0 aliphatic heterocycles. The van der Waals surface area contributed by atoms with Crippen molar-refractivity contribution in [3.8, 4) is 16.4 Å². The smallest absolute Gasteiger partial charge is 0.256 e. The van der Waals surface area contributed by atoms with Crippen molar-refractivity contribution in [3.63, 3.8) is 0 Å². The number of aryl methyl sites for hydroxylation is 3. The van der Waals surface area contributed by atoms with Crippen molar-refractivity contribution in [3.05, 3.63) is 81.3 Å². The maximum Gasteiger partial charge on any atom is 0.256 e. The highest BCUT2D eigenvalue weighted by molar-refractivity contribution is 7.12. The van der Waals surface area contributed by atoms with Crippen LogP contribution < -0.4 is 5.32 Å². The molecule has 29 heavy (non-hydrogen) atoms. The number of hydrogen-bond acceptors (Lipinski definition) is 4. The Balaban J connectivity index is 1.63. The molecule has 0 atom stereocenters. The molecule has 146 valence electrons. The van der Waals surface area contributed by atoms with Gasteiger partial charge in [-0.2, -0.15) is 9.78 Å². The average molecular weight is 423 g/mol. The van der Waals surface area contributed by atoms with Crippen molar-refractivity contribution in [2.24, 2.45) is 0 Å². The van der Waals surface area contributed by atoms with Crippen LogP contribution in [-0.4, -0.2) is 20.7 Å². The SMILES string of the molecule is Cc1cc(C)cc(C(=O)Nc2cc(C)nn2-c2nc(-c3ccc(Cl)cc3)cs2)c1. The van der Waals surface area contributed by atoms with Crippen LogP contribution in [0.25, 0.3) is 16.4 Å². The summed E-state index contributed by atoms with van der Waals surface area (Å²) in [7, 11) is 0. The van der Waals surface area contributed by atoms with Crippen LogP contribution in [0, 0.1) is 20.8 Å². The molecule has 0 saturated carbocycles. The number of hydrogen-bond donors (Lipinski definition) is 1. The second-order valence-electron chi connectivity index (χ2n) is 6.94. The first-order valence-corrected chi connectivity index (χ1v) is 10.3. The van der Waals surface area contributed by atoms with E-state index in [9.17, 15) is 4.79 Å². The number of halogens is 1. The summed E-state index contributed by atoms with van der Waals surface area (Å²) in [4.78, 5) is 17.5. The van der Waals surface area contributed by atoms with Crippen molar-refractivity contribution in [2.75, 3.05) is 5.32 Å². The summed E-state index contributed by atoms with van der Waals surface area (Å²) in [5.74, 6) is 0.413. The lowest BCUT2D eigenvalue weighted by atomic mass is 10.1. The van der Waals surface area contributed by atoms with Crippen LogP contribution in [0.2, 0.25) is 5.02 Å². The highest BCUT2D eigenvalue weighted by Crippen LogP contribution is 2.27. The molecule has 2 aromatic heterocycles. The number of carbonyl (C=O) groups excluding carboxylic acids is 1. The Morgan fingerprint density at radius 2 is 1.72 bits per heavy atom. The summed E-state index contributed by atoms with van der Waals surface area (Å²) < 4.78 is 1.67. The monoisotopic (exact) mass is 422 g/mol. The van der Waals surface area contributed by atoms with Gasteiger partial charge >= 0.3 is 0 Å². The molecular formula is C22H19ClN4OS. The van der Waals surface area contributed by atoms with Gasteiger partial charge in [0.25, 0.3) is 5.91 Å². The van der Waals surface area contributed by atoms with Gasteiger partial charge in [0.15, 0.2) is 0 Å². The lowest BCUT2D eigenvalue weighted by Gasteiger charge is -2.08. The van der Waals surface area contributed by atoms with E-state index in [1.165, 1.54) is 11.3 Å². The van der Waals surface area contributed by atoms with Crippen molar-refractivity contribution < 1.29 is 4.79 Å². The number of carbonyl (C=O) groups is 1. The van der Waals surface area contributed by atoms with Gasteiger partial charge < -0.3 is 5.32 Å². The Labute approximate surface area is 178 Å². The molecule has 0 saturated heterocycles. The van der Waals surface area contributed by atoms with E-state index in [0.29, 0.717) is 21.5 Å². The molecule has 5 nitrogen and oxygen atoms in total. The van der Waals surface area contributed by atoms with Crippen LogP contribution in [-0.2, 0) is 0 Å². The van der Waals surface area contributed by atoms with E-state index in [4.69, 9.17) is 11.6 Å². The van der Waals surface area contributed by atoms with E-state index in [2.05, 4.69) is 15.4 Å². The first kappa shape index (κ1) is 19.4. The van der Waals surface area contributed by atoms with Gasteiger partial charge in [0.1, 0.15) is 5.82 Å². The number of thiazole rings is 1. The summed E-state index contributed by atoms with van der Waals surface area (Å²) in [6.45, 7) is 5.84. The van der Waals surface area contributed by atoms with Crippen LogP contribution in [0.15, 0.2) is 53.9 Å². The molecule has 0 aliphatic rings. The zero-order valence-corrected chi connectivity index (χ0v) is 17.8. The Bertz CT molecular complexity index is 1170. The molecule has 0 radical (unpaired) electrons. The minimum atomic E-state index is -0.174. The molecule has 0 spiro atoms. The Morgan fingerprint density at radius 1 is 1.03 bits per heavy atom. The number of amides is 1. The Kier molecular flexibility index (Phi) is 5.22. The van der Waals surface area contributed by atoms with Crippen molar-refractivity contribution in [1.82, 2.24) is 14.8 Å². The van der Waals surface area contributed by atoms with Gasteiger partial charge in [-0.1, -0.05) is 40.9 Å². The number of aromatic nitrogens is 3. The second-order valence-corrected chi connectivity index (χ2v) is 8.21. The number of benzene rings is 2. The molecule has 7 heteroatoms. The average Bonchev–Trinajstić information content (AvgIpc) is 3.28. The van der Waals surface area contributed by atoms with E-state index < -0.39 is 0 Å². The first-order valence-electron chi connectivity index (χ1n) is 9.07. The van der Waals surface area contributed by atoms with E-state index in [-0.39, 0.29) is 5.91 Å². The number of nitrogens with zero attached hydrogens (tertiary/aromatic N) is 3. The van der Waals surface area contributed by atoms with E-state index in [1.807, 2.05) is 74.7 Å². The molecule has 4 rings (SSSR count). The molecule has 0 fully saturated rings. The van der Waals surface area contributed by atoms with E-state index in [0.717, 1.165) is 28.1 Å². The van der Waals surface area contributed by atoms with Crippen molar-refractivity contribution >= 4 is 34.7 Å². The fourth-order valence-corrected chi connectivity index (χ4v) is 4.07. The van der Waals surface area contributed by atoms with Crippen LogP contribution in [0.4, 0.5) is 5.82 Å². The molecule has 2 heterocycles. The molecular weight excluding hydrogens is 404 g/mol. The standard InChI is InChI=1S/C22H19ClN4OS/c1-13-8-14(2)10-17(9-13)21(28)25-20-11-15(3)26-27(20)22-24-19(12-29-22)16-4-6-18(23)7-5-16/h4-12H,1-3H3,(H,25,28). The maximum absolute atomic E-state index is 12.8. The third kappa shape index (κ3) is 4.23. The lowest BCUT2D eigenvalue weighted by molar-refractivity contribution is 0.102. The largest absolute Gasteiger partial charge is 0.306 e. The number of nitrogens with one attached hydrogen (secondary N) is 1. The number of anilines is 1. The summed E-state index contributed by atoms with van der Waals surface area (Å²) >= 11 is 7.43. The molecule has 0 unspecified atom stereocenters. The quantitative estimate of drug-likeness (QED) is 0.450. The molecule has 2 aromatic carbocycles. The van der Waals surface area contributed by atoms with Crippen LogP contribution >= 0.6 is 22.9 Å². The summed E-state index contributed by atoms with van der Waals surface area (Å²) in [6, 6.07) is 15.2. The molecule has 0 aliphatic carbocycles. The zero-order chi connectivity index (χ0) is 20.5. The predicted molar refractivity (Wildman–Crippen MR) is 118 cm³/mol. The topological polar surface area (TPSA) is 59.8 Å². The normalized spacial score (nSPS) is 10.9. The molecule has 0 bridgehead atoms. The minimum absolute atomic E-state index is 0.174. The fraction of sp³-hybridized carbons (Fsp3) is 0.136. The van der Waals surface area contributed by atoms with E-state index in [1.54, 1.807) is 4.68 Å². The Morgan fingerprint density at radius 3 is 2.41 bits per heavy atom. The number of rotatable bonds is 4. The highest BCUT2D eigenvalue weighted by atomic mass is 35.5. The first-order chi connectivity index (χ1) is 13.9. The third-order valence-electron chi connectivity index (χ3n) is 4.37. The lowest BCUT2D eigenvalue weighted by Crippen LogP contribution is -2.15. The van der Waals surface area contributed by atoms with Gasteiger partial charge in [-0.3, -0.25) is 4.79 Å². The predicted octanol–water partition coefficient (Wildman–Crippen LogP) is 5.83. The van der Waals surface area contributed by atoms with Crippen molar-refractivity contribution in [2.45, 2.75) is 20.8 Å². The Hall–Kier alpha value is -2.96. The third-order valence-corrected chi connectivity index (χ3v) is 5.44. The zero-order valence-electron chi connectivity index (χ0n) is 16.2. The minimum Gasteiger partial charge on any atom is -0.306 e. The summed E-state index contributed by atoms with van der Waals surface area (Å²) in [6.07, 6.45) is 0. The maximum atomic E-state index is 12.8. The van der Waals surface area contributed by atoms with Crippen LogP contribution in [0.5, 0.6) is 0 Å². The molecule has 1 amide bonds. The molecule has 4 aromatic rings. The van der Waals surface area contributed by atoms with Gasteiger partial charge in [-0.25, -0.2) is 4.98 Å². The summed E-state index contributed by atoms with van der Waals surface area (Å²) in [5.41, 5.74) is 5.32. The van der Waals surface area contributed by atoms with Gasteiger partial charge in [-0.15, -0.1) is 11.3 Å². The van der Waals surface area contributed by atoms with Gasteiger partial charge in [0, 0.05) is 27.6 Å². The summed E-state index contributed by atoms with van der Waals surface area (Å²) in [5, 5.41) is 10.8. The van der Waals surface area contributed by atoms with Gasteiger partial charge in [0.2, 0.25) is 5.13 Å².